The van der Waals surface area contributed by atoms with Crippen LogP contribution in [-0.2, 0) is 15.9 Å². The van der Waals surface area contributed by atoms with Gasteiger partial charge in [-0.3, -0.25) is 4.79 Å². The quantitative estimate of drug-likeness (QED) is 0.708. The molecule has 0 aliphatic carbocycles. The molecule has 0 spiro atoms. The van der Waals surface area contributed by atoms with Gasteiger partial charge >= 0.3 is 0 Å². The molecule has 2 aromatic rings. The molecule has 0 bridgehead atoms. The molecule has 2 saturated heterocycles. The van der Waals surface area contributed by atoms with Crippen LogP contribution in [-0.4, -0.2) is 53.6 Å². The number of rotatable bonds is 5. The third-order valence-corrected chi connectivity index (χ3v) is 5.69. The number of fused-ring (bicyclic) bond motifs is 1. The Hall–Kier alpha value is -1.84. The Morgan fingerprint density at radius 1 is 1.31 bits per heavy atom. The van der Waals surface area contributed by atoms with Gasteiger partial charge in [-0.25, -0.2) is 4.98 Å². The third kappa shape index (κ3) is 3.51. The molecule has 1 aromatic heterocycles. The fraction of sp³-hybridized carbons (Fsp3) is 0.444. The molecule has 2 aliphatic rings. The van der Waals surface area contributed by atoms with Gasteiger partial charge in [-0.15, -0.1) is 11.3 Å². The number of benzene rings is 1. The number of nitrogens with zero attached hydrogens (tertiary/aromatic N) is 1. The van der Waals surface area contributed by atoms with Crippen LogP contribution in [0.5, 0.6) is 0 Å². The van der Waals surface area contributed by atoms with E-state index in [4.69, 9.17) is 15.2 Å². The second-order valence-corrected chi connectivity index (χ2v) is 7.50. The Balaban J connectivity index is 1.37. The van der Waals surface area contributed by atoms with Gasteiger partial charge in [-0.1, -0.05) is 30.3 Å². The Morgan fingerprint density at radius 2 is 2.08 bits per heavy atom. The minimum Gasteiger partial charge on any atom is -0.388 e. The average Bonchev–Trinajstić information content (AvgIpc) is 3.35. The maximum Gasteiger partial charge on any atom is 0.271 e. The predicted octanol–water partition coefficient (Wildman–Crippen LogP) is 0.643. The molecule has 2 fully saturated rings. The third-order valence-electron chi connectivity index (χ3n) is 4.71. The van der Waals surface area contributed by atoms with Gasteiger partial charge in [0.1, 0.15) is 29.0 Å². The summed E-state index contributed by atoms with van der Waals surface area (Å²) in [5, 5.41) is 15.1. The van der Waals surface area contributed by atoms with Crippen molar-refractivity contribution in [3.63, 3.8) is 0 Å². The summed E-state index contributed by atoms with van der Waals surface area (Å²) < 4.78 is 11.0. The van der Waals surface area contributed by atoms with Crippen LogP contribution in [0.25, 0.3) is 0 Å². The van der Waals surface area contributed by atoms with Crippen molar-refractivity contribution >= 4 is 17.2 Å². The second kappa shape index (κ2) is 7.42. The van der Waals surface area contributed by atoms with Crippen LogP contribution in [0.15, 0.2) is 35.7 Å². The molecule has 1 amide bonds. The average molecular weight is 375 g/mol. The summed E-state index contributed by atoms with van der Waals surface area (Å²) >= 11 is 1.38. The van der Waals surface area contributed by atoms with Crippen LogP contribution in [0.1, 0.15) is 27.1 Å². The molecular formula is C18H21N3O4S. The monoisotopic (exact) mass is 375 g/mol. The summed E-state index contributed by atoms with van der Waals surface area (Å²) in [6.45, 7) is 0.555. The summed E-state index contributed by atoms with van der Waals surface area (Å²) in [5.41, 5.74) is 7.71. The molecule has 4 rings (SSSR count). The molecule has 0 radical (unpaired) electrons. The van der Waals surface area contributed by atoms with E-state index < -0.39 is 6.10 Å². The highest BCUT2D eigenvalue weighted by atomic mass is 32.1. The van der Waals surface area contributed by atoms with Crippen molar-refractivity contribution < 1.29 is 19.4 Å². The number of amides is 1. The SMILES string of the molecule is N[C@@H](Cc1ccccc1)c1nc(C(=O)N[C@H]2CO[C@H]3[C@@H]2OC[C@@H]3O)cs1. The zero-order valence-electron chi connectivity index (χ0n) is 14.1. The van der Waals surface area contributed by atoms with Crippen molar-refractivity contribution in [2.45, 2.75) is 36.8 Å². The highest BCUT2D eigenvalue weighted by Crippen LogP contribution is 2.27. The van der Waals surface area contributed by atoms with E-state index in [1.807, 2.05) is 30.3 Å². The summed E-state index contributed by atoms with van der Waals surface area (Å²) in [6.07, 6.45) is -0.650. The van der Waals surface area contributed by atoms with Gasteiger partial charge in [-0.2, -0.15) is 0 Å². The molecule has 5 atom stereocenters. The van der Waals surface area contributed by atoms with Gasteiger partial charge in [0, 0.05) is 5.38 Å². The molecule has 0 unspecified atom stereocenters. The number of nitrogens with two attached hydrogens (primary N) is 1. The van der Waals surface area contributed by atoms with Crippen molar-refractivity contribution in [3.8, 4) is 0 Å². The lowest BCUT2D eigenvalue weighted by atomic mass is 10.1. The second-order valence-electron chi connectivity index (χ2n) is 6.61. The topological polar surface area (TPSA) is 107 Å². The number of hydrogen-bond donors (Lipinski definition) is 3. The van der Waals surface area contributed by atoms with Crippen molar-refractivity contribution in [2.75, 3.05) is 13.2 Å². The minimum absolute atomic E-state index is 0.233. The molecular weight excluding hydrogens is 354 g/mol. The lowest BCUT2D eigenvalue weighted by Crippen LogP contribution is -2.44. The van der Waals surface area contributed by atoms with E-state index in [2.05, 4.69) is 10.3 Å². The van der Waals surface area contributed by atoms with Crippen LogP contribution in [0.4, 0.5) is 0 Å². The van der Waals surface area contributed by atoms with Crippen LogP contribution in [0.2, 0.25) is 0 Å². The van der Waals surface area contributed by atoms with Gasteiger partial charge in [0.25, 0.3) is 5.91 Å². The number of carbonyl (C=O) groups excluding carboxylic acids is 1. The number of aliphatic hydroxyl groups is 1. The maximum absolute atomic E-state index is 12.5. The fourth-order valence-corrected chi connectivity index (χ4v) is 4.16. The molecule has 138 valence electrons. The van der Waals surface area contributed by atoms with Crippen LogP contribution in [0.3, 0.4) is 0 Å². The van der Waals surface area contributed by atoms with Crippen molar-refractivity contribution in [1.29, 1.82) is 0 Å². The van der Waals surface area contributed by atoms with Gasteiger partial charge in [0.15, 0.2) is 0 Å². The number of nitrogens with one attached hydrogen (secondary N) is 1. The lowest BCUT2D eigenvalue weighted by molar-refractivity contribution is 0.0178. The molecule has 8 heteroatoms. The van der Waals surface area contributed by atoms with Gasteiger partial charge < -0.3 is 25.6 Å². The largest absolute Gasteiger partial charge is 0.388 e. The lowest BCUT2D eigenvalue weighted by Gasteiger charge is -2.16. The van der Waals surface area contributed by atoms with Gasteiger partial charge in [-0.05, 0) is 12.0 Å². The van der Waals surface area contributed by atoms with Crippen LogP contribution < -0.4 is 11.1 Å². The van der Waals surface area contributed by atoms with Gasteiger partial charge in [0.05, 0.1) is 25.3 Å². The first kappa shape index (κ1) is 17.6. The van der Waals surface area contributed by atoms with E-state index in [-0.39, 0.29) is 36.8 Å². The first-order valence-corrected chi connectivity index (χ1v) is 9.47. The summed E-state index contributed by atoms with van der Waals surface area (Å²) in [4.78, 5) is 16.9. The smallest absolute Gasteiger partial charge is 0.271 e. The van der Waals surface area contributed by atoms with Crippen LogP contribution in [0, 0.1) is 0 Å². The molecule has 7 nitrogen and oxygen atoms in total. The maximum atomic E-state index is 12.5. The van der Waals surface area contributed by atoms with E-state index in [1.54, 1.807) is 5.38 Å². The summed E-state index contributed by atoms with van der Waals surface area (Å²) in [6, 6.07) is 9.42. The molecule has 2 aliphatic heterocycles. The molecule has 0 saturated carbocycles. The number of hydrogen-bond acceptors (Lipinski definition) is 7. The number of thiazole rings is 1. The zero-order valence-corrected chi connectivity index (χ0v) is 14.9. The number of aromatic nitrogens is 1. The Bertz CT molecular complexity index is 769. The standard InChI is InChI=1S/C18H21N3O4S/c19-11(6-10-4-2-1-3-5-10)18-21-13(9-26-18)17(23)20-12-7-24-16-14(22)8-25-15(12)16/h1-5,9,11-12,14-16,22H,6-8,19H2,(H,20,23)/t11-,12-,14-,15+,16+/m0/s1. The van der Waals surface area contributed by atoms with E-state index in [1.165, 1.54) is 11.3 Å². The zero-order chi connectivity index (χ0) is 18.1. The van der Waals surface area contributed by atoms with E-state index >= 15 is 0 Å². The molecule has 3 heterocycles. The minimum atomic E-state index is -0.635. The highest BCUT2D eigenvalue weighted by Gasteiger charge is 2.47. The first-order valence-electron chi connectivity index (χ1n) is 8.59. The highest BCUT2D eigenvalue weighted by molar-refractivity contribution is 7.09. The molecule has 4 N–H and O–H groups in total. The Kier molecular flexibility index (Phi) is 5.01. The molecule has 1 aromatic carbocycles. The van der Waals surface area contributed by atoms with E-state index in [0.29, 0.717) is 18.7 Å². The van der Waals surface area contributed by atoms with Crippen molar-refractivity contribution in [2.24, 2.45) is 5.73 Å². The van der Waals surface area contributed by atoms with E-state index in [0.717, 1.165) is 10.6 Å². The Labute approximate surface area is 155 Å². The first-order chi connectivity index (χ1) is 12.6. The van der Waals surface area contributed by atoms with Crippen molar-refractivity contribution in [3.05, 3.63) is 52.0 Å². The number of aliphatic hydroxyl groups excluding tert-OH is 1. The van der Waals surface area contributed by atoms with Crippen LogP contribution >= 0.6 is 11.3 Å². The Morgan fingerprint density at radius 3 is 2.88 bits per heavy atom. The normalized spacial score (nSPS) is 28.7. The van der Waals surface area contributed by atoms with E-state index in [9.17, 15) is 9.90 Å². The number of carbonyl (C=O) groups is 1. The molecule has 26 heavy (non-hydrogen) atoms. The number of ether oxygens (including phenoxy) is 2. The fourth-order valence-electron chi connectivity index (χ4n) is 3.36. The van der Waals surface area contributed by atoms with Gasteiger partial charge in [0.2, 0.25) is 0 Å². The van der Waals surface area contributed by atoms with Crippen molar-refractivity contribution in [1.82, 2.24) is 10.3 Å². The summed E-state index contributed by atoms with van der Waals surface area (Å²) in [5.74, 6) is -0.279. The predicted molar refractivity (Wildman–Crippen MR) is 95.9 cm³/mol. The summed E-state index contributed by atoms with van der Waals surface area (Å²) in [7, 11) is 0.